The molecule has 2 aromatic rings. The fraction of sp³-hybridized carbons (Fsp3) is 0.556. The van der Waals surface area contributed by atoms with Crippen molar-refractivity contribution in [1.29, 1.82) is 0 Å². The van der Waals surface area contributed by atoms with Gasteiger partial charge in [-0.3, -0.25) is 4.90 Å². The molecule has 0 radical (unpaired) electrons. The second-order valence-electron chi connectivity index (χ2n) is 8.90. The highest BCUT2D eigenvalue weighted by Gasteiger charge is 2.35. The SMILES string of the molecule is COc1ccc(CCO[C@H]2CCCC[C@@H]2N2CC[C@@H](OCc3ccccc3)C2)cc1OC.Cl. The number of nitrogens with zero attached hydrogens (tertiary/aromatic N) is 1. The van der Waals surface area contributed by atoms with Crippen LogP contribution in [0.1, 0.15) is 43.2 Å². The minimum Gasteiger partial charge on any atom is -0.493 e. The van der Waals surface area contributed by atoms with Gasteiger partial charge in [-0.25, -0.2) is 0 Å². The Morgan fingerprint density at radius 2 is 1.64 bits per heavy atom. The maximum atomic E-state index is 6.45. The predicted octanol–water partition coefficient (Wildman–Crippen LogP) is 5.29. The Kier molecular flexibility index (Phi) is 10.3. The van der Waals surface area contributed by atoms with Crippen LogP contribution in [0, 0.1) is 0 Å². The summed E-state index contributed by atoms with van der Waals surface area (Å²) in [7, 11) is 3.34. The van der Waals surface area contributed by atoms with Crippen molar-refractivity contribution >= 4 is 12.4 Å². The van der Waals surface area contributed by atoms with E-state index in [0.717, 1.165) is 50.5 Å². The number of rotatable bonds is 10. The molecule has 0 spiro atoms. The summed E-state index contributed by atoms with van der Waals surface area (Å²) in [6.07, 6.45) is 7.58. The van der Waals surface area contributed by atoms with E-state index in [4.69, 9.17) is 18.9 Å². The van der Waals surface area contributed by atoms with Crippen molar-refractivity contribution in [3.05, 3.63) is 59.7 Å². The lowest BCUT2D eigenvalue weighted by atomic mass is 9.91. The molecule has 4 rings (SSSR count). The number of ether oxygens (including phenoxy) is 4. The Morgan fingerprint density at radius 3 is 2.42 bits per heavy atom. The molecule has 2 fully saturated rings. The Morgan fingerprint density at radius 1 is 0.848 bits per heavy atom. The fourth-order valence-electron chi connectivity index (χ4n) is 5.03. The Balaban J connectivity index is 0.00000306. The highest BCUT2D eigenvalue weighted by Crippen LogP contribution is 2.30. The molecule has 33 heavy (non-hydrogen) atoms. The van der Waals surface area contributed by atoms with E-state index in [1.165, 1.54) is 30.4 Å². The molecule has 5 nitrogen and oxygen atoms in total. The molecule has 1 aliphatic heterocycles. The highest BCUT2D eigenvalue weighted by molar-refractivity contribution is 5.85. The van der Waals surface area contributed by atoms with Gasteiger partial charge in [0.05, 0.1) is 39.6 Å². The van der Waals surface area contributed by atoms with E-state index >= 15 is 0 Å². The highest BCUT2D eigenvalue weighted by atomic mass is 35.5. The molecule has 1 heterocycles. The van der Waals surface area contributed by atoms with Crippen molar-refractivity contribution in [2.45, 2.75) is 63.4 Å². The Labute approximate surface area is 204 Å². The smallest absolute Gasteiger partial charge is 0.160 e. The normalized spacial score (nSPS) is 23.2. The van der Waals surface area contributed by atoms with Crippen molar-refractivity contribution in [1.82, 2.24) is 4.90 Å². The van der Waals surface area contributed by atoms with E-state index in [9.17, 15) is 0 Å². The van der Waals surface area contributed by atoms with Crippen molar-refractivity contribution < 1.29 is 18.9 Å². The van der Waals surface area contributed by atoms with Gasteiger partial charge >= 0.3 is 0 Å². The maximum absolute atomic E-state index is 6.45. The fourth-order valence-corrected chi connectivity index (χ4v) is 5.03. The zero-order valence-electron chi connectivity index (χ0n) is 19.9. The van der Waals surface area contributed by atoms with Crippen molar-refractivity contribution in [2.75, 3.05) is 33.9 Å². The average molecular weight is 476 g/mol. The first-order chi connectivity index (χ1) is 15.8. The molecule has 2 aliphatic rings. The second kappa shape index (κ2) is 13.2. The van der Waals surface area contributed by atoms with E-state index in [-0.39, 0.29) is 12.4 Å². The van der Waals surface area contributed by atoms with Crippen molar-refractivity contribution in [3.8, 4) is 11.5 Å². The third-order valence-corrected chi connectivity index (χ3v) is 6.81. The number of hydrogen-bond donors (Lipinski definition) is 0. The lowest BCUT2D eigenvalue weighted by Crippen LogP contribution is -2.46. The molecule has 1 aliphatic carbocycles. The molecule has 1 saturated heterocycles. The van der Waals surface area contributed by atoms with Gasteiger partial charge in [-0.2, -0.15) is 0 Å². The summed E-state index contributed by atoms with van der Waals surface area (Å²) in [6, 6.07) is 17.1. The van der Waals surface area contributed by atoms with E-state index in [2.05, 4.69) is 47.4 Å². The van der Waals surface area contributed by atoms with Gasteiger partial charge in [0.2, 0.25) is 0 Å². The lowest BCUT2D eigenvalue weighted by Gasteiger charge is -2.37. The molecular formula is C27H38ClNO4. The van der Waals surface area contributed by atoms with Gasteiger partial charge in [0.15, 0.2) is 11.5 Å². The van der Waals surface area contributed by atoms with E-state index in [0.29, 0.717) is 24.9 Å². The summed E-state index contributed by atoms with van der Waals surface area (Å²) < 4.78 is 23.4. The van der Waals surface area contributed by atoms with Crippen LogP contribution in [0.15, 0.2) is 48.5 Å². The number of likely N-dealkylation sites (tertiary alicyclic amines) is 1. The molecule has 2 aromatic carbocycles. The van der Waals surface area contributed by atoms with Gasteiger partial charge in [-0.1, -0.05) is 49.2 Å². The van der Waals surface area contributed by atoms with Crippen molar-refractivity contribution in [2.24, 2.45) is 0 Å². The van der Waals surface area contributed by atoms with Crippen LogP contribution in [0.4, 0.5) is 0 Å². The molecule has 6 heteroatoms. The zero-order chi connectivity index (χ0) is 22.2. The largest absolute Gasteiger partial charge is 0.493 e. The lowest BCUT2D eigenvalue weighted by molar-refractivity contribution is -0.0352. The average Bonchev–Trinajstić information content (AvgIpc) is 3.32. The first kappa shape index (κ1) is 25.8. The number of benzene rings is 2. The molecule has 0 amide bonds. The topological polar surface area (TPSA) is 40.2 Å². The van der Waals surface area contributed by atoms with Crippen LogP contribution in [0.25, 0.3) is 0 Å². The minimum atomic E-state index is 0. The quantitative estimate of drug-likeness (QED) is 0.467. The molecule has 1 saturated carbocycles. The molecule has 0 bridgehead atoms. The molecule has 3 atom stereocenters. The van der Waals surface area contributed by atoms with Gasteiger partial charge in [0.1, 0.15) is 0 Å². The van der Waals surface area contributed by atoms with Crippen molar-refractivity contribution in [3.63, 3.8) is 0 Å². The summed E-state index contributed by atoms with van der Waals surface area (Å²) in [4.78, 5) is 2.62. The molecule has 0 N–H and O–H groups in total. The van der Waals surface area contributed by atoms with Gasteiger partial charge in [0, 0.05) is 19.1 Å². The predicted molar refractivity (Wildman–Crippen MR) is 134 cm³/mol. The van der Waals surface area contributed by atoms with Crippen LogP contribution in [0.2, 0.25) is 0 Å². The minimum absolute atomic E-state index is 0. The maximum Gasteiger partial charge on any atom is 0.160 e. The van der Waals surface area contributed by atoms with Gasteiger partial charge in [-0.05, 0) is 48.9 Å². The second-order valence-corrected chi connectivity index (χ2v) is 8.90. The van der Waals surface area contributed by atoms with Crippen LogP contribution in [-0.2, 0) is 22.5 Å². The first-order valence-electron chi connectivity index (χ1n) is 12.0. The number of halogens is 1. The zero-order valence-corrected chi connectivity index (χ0v) is 20.7. The van der Waals surface area contributed by atoms with Crippen LogP contribution in [0.5, 0.6) is 11.5 Å². The molecular weight excluding hydrogens is 438 g/mol. The molecule has 0 unspecified atom stereocenters. The summed E-state index contributed by atoms with van der Waals surface area (Å²) >= 11 is 0. The Bertz CT molecular complexity index is 834. The third-order valence-electron chi connectivity index (χ3n) is 6.81. The van der Waals surface area contributed by atoms with Crippen LogP contribution >= 0.6 is 12.4 Å². The first-order valence-corrected chi connectivity index (χ1v) is 12.0. The van der Waals surface area contributed by atoms with E-state index in [1.54, 1.807) is 14.2 Å². The summed E-state index contributed by atoms with van der Waals surface area (Å²) in [5.74, 6) is 1.54. The number of hydrogen-bond acceptors (Lipinski definition) is 5. The standard InChI is InChI=1S/C27H37NO4.ClH/c1-29-26-13-12-21(18-27(26)30-2)15-17-31-25-11-7-6-10-24(25)28-16-14-23(19-28)32-20-22-8-4-3-5-9-22;/h3-5,8-9,12-13,18,23-25H,6-7,10-11,14-17,19-20H2,1-2H3;1H/t23-,24+,25+;/m1./s1. The summed E-state index contributed by atoms with van der Waals surface area (Å²) in [5, 5.41) is 0. The number of methoxy groups -OCH3 is 2. The third kappa shape index (κ3) is 7.10. The van der Waals surface area contributed by atoms with E-state index < -0.39 is 0 Å². The van der Waals surface area contributed by atoms with Crippen LogP contribution < -0.4 is 9.47 Å². The molecule has 182 valence electrons. The monoisotopic (exact) mass is 475 g/mol. The summed E-state index contributed by atoms with van der Waals surface area (Å²) in [5.41, 5.74) is 2.46. The van der Waals surface area contributed by atoms with Gasteiger partial charge in [0.25, 0.3) is 0 Å². The molecule has 0 aromatic heterocycles. The van der Waals surface area contributed by atoms with Crippen LogP contribution in [0.3, 0.4) is 0 Å². The van der Waals surface area contributed by atoms with E-state index in [1.807, 2.05) is 6.07 Å². The van der Waals surface area contributed by atoms with Gasteiger partial charge in [-0.15, -0.1) is 12.4 Å². The van der Waals surface area contributed by atoms with Gasteiger partial charge < -0.3 is 18.9 Å². The summed E-state index contributed by atoms with van der Waals surface area (Å²) in [6.45, 7) is 3.57. The van der Waals surface area contributed by atoms with Crippen LogP contribution in [-0.4, -0.2) is 57.1 Å². The Hall–Kier alpha value is -1.79.